The Labute approximate surface area is 170 Å². The van der Waals surface area contributed by atoms with Crippen LogP contribution in [0.2, 0.25) is 0 Å². The van der Waals surface area contributed by atoms with Gasteiger partial charge >= 0.3 is 0 Å². The van der Waals surface area contributed by atoms with Crippen LogP contribution in [-0.4, -0.2) is 41.3 Å². The third kappa shape index (κ3) is 5.99. The zero-order chi connectivity index (χ0) is 18.4. The van der Waals surface area contributed by atoms with Crippen molar-refractivity contribution in [2.24, 2.45) is 5.73 Å². The SMILES string of the molecule is Cl.NCc1ccc(C(=O)Nc2ccc(CC(=O)N3CCSCC3)cc2)cc1. The predicted octanol–water partition coefficient (Wildman–Crippen LogP) is 2.94. The van der Waals surface area contributed by atoms with Crippen molar-refractivity contribution in [1.82, 2.24) is 4.90 Å². The molecular weight excluding hydrogens is 382 g/mol. The molecule has 0 radical (unpaired) electrons. The van der Waals surface area contributed by atoms with Gasteiger partial charge in [0, 0.05) is 42.4 Å². The van der Waals surface area contributed by atoms with Gasteiger partial charge in [-0.25, -0.2) is 0 Å². The summed E-state index contributed by atoms with van der Waals surface area (Å²) >= 11 is 1.89. The molecule has 5 nitrogen and oxygen atoms in total. The summed E-state index contributed by atoms with van der Waals surface area (Å²) in [5, 5.41) is 2.87. The van der Waals surface area contributed by atoms with Crippen molar-refractivity contribution < 1.29 is 9.59 Å². The Morgan fingerprint density at radius 3 is 2.15 bits per heavy atom. The van der Waals surface area contributed by atoms with Crippen molar-refractivity contribution in [3.8, 4) is 0 Å². The molecule has 2 aromatic rings. The Morgan fingerprint density at radius 2 is 1.56 bits per heavy atom. The van der Waals surface area contributed by atoms with Crippen molar-refractivity contribution in [1.29, 1.82) is 0 Å². The van der Waals surface area contributed by atoms with Crippen LogP contribution < -0.4 is 11.1 Å². The van der Waals surface area contributed by atoms with Gasteiger partial charge in [0.1, 0.15) is 0 Å². The number of carbonyl (C=O) groups excluding carboxylic acids is 2. The van der Waals surface area contributed by atoms with Crippen LogP contribution in [0.15, 0.2) is 48.5 Å². The number of anilines is 1. The van der Waals surface area contributed by atoms with Crippen LogP contribution in [0.3, 0.4) is 0 Å². The molecular formula is C20H24ClN3O2S. The van der Waals surface area contributed by atoms with E-state index in [2.05, 4.69) is 5.32 Å². The molecule has 144 valence electrons. The highest BCUT2D eigenvalue weighted by Gasteiger charge is 2.16. The topological polar surface area (TPSA) is 75.4 Å². The van der Waals surface area contributed by atoms with Gasteiger partial charge in [0.25, 0.3) is 5.91 Å². The van der Waals surface area contributed by atoms with Crippen molar-refractivity contribution in [3.63, 3.8) is 0 Å². The van der Waals surface area contributed by atoms with Gasteiger partial charge < -0.3 is 16.0 Å². The number of nitrogens with zero attached hydrogens (tertiary/aromatic N) is 1. The lowest BCUT2D eigenvalue weighted by Crippen LogP contribution is -2.38. The number of hydrogen-bond donors (Lipinski definition) is 2. The molecule has 0 unspecified atom stereocenters. The fraction of sp³-hybridized carbons (Fsp3) is 0.300. The van der Waals surface area contributed by atoms with Gasteiger partial charge in [0.2, 0.25) is 5.91 Å². The monoisotopic (exact) mass is 405 g/mol. The summed E-state index contributed by atoms with van der Waals surface area (Å²) in [6.07, 6.45) is 0.402. The summed E-state index contributed by atoms with van der Waals surface area (Å²) in [7, 11) is 0. The summed E-state index contributed by atoms with van der Waals surface area (Å²) in [4.78, 5) is 26.5. The van der Waals surface area contributed by atoms with Crippen LogP contribution in [0.25, 0.3) is 0 Å². The molecule has 0 aliphatic carbocycles. The van der Waals surface area contributed by atoms with E-state index in [0.29, 0.717) is 24.2 Å². The van der Waals surface area contributed by atoms with Gasteiger partial charge in [-0.3, -0.25) is 9.59 Å². The van der Waals surface area contributed by atoms with E-state index in [1.165, 1.54) is 0 Å². The first-order valence-corrected chi connectivity index (χ1v) is 9.86. The minimum Gasteiger partial charge on any atom is -0.341 e. The van der Waals surface area contributed by atoms with Crippen LogP contribution in [0.1, 0.15) is 21.5 Å². The number of hydrogen-bond acceptors (Lipinski definition) is 4. The second kappa shape index (κ2) is 10.3. The molecule has 27 heavy (non-hydrogen) atoms. The van der Waals surface area contributed by atoms with E-state index in [1.54, 1.807) is 12.1 Å². The number of thioether (sulfide) groups is 1. The van der Waals surface area contributed by atoms with Crippen LogP contribution >= 0.6 is 24.2 Å². The van der Waals surface area contributed by atoms with Crippen molar-refractivity contribution >= 4 is 41.7 Å². The van der Waals surface area contributed by atoms with Gasteiger partial charge in [-0.1, -0.05) is 24.3 Å². The molecule has 1 aliphatic rings. The van der Waals surface area contributed by atoms with E-state index in [0.717, 1.165) is 35.7 Å². The van der Waals surface area contributed by atoms with E-state index >= 15 is 0 Å². The van der Waals surface area contributed by atoms with Gasteiger partial charge in [-0.05, 0) is 35.4 Å². The summed E-state index contributed by atoms with van der Waals surface area (Å²) in [5.41, 5.74) is 8.81. The summed E-state index contributed by atoms with van der Waals surface area (Å²) in [6.45, 7) is 2.12. The average Bonchev–Trinajstić information content (AvgIpc) is 2.70. The number of rotatable bonds is 5. The van der Waals surface area contributed by atoms with Crippen molar-refractivity contribution in [3.05, 3.63) is 65.2 Å². The third-order valence-corrected chi connectivity index (χ3v) is 5.33. The molecule has 1 saturated heterocycles. The fourth-order valence-corrected chi connectivity index (χ4v) is 3.70. The Kier molecular flexibility index (Phi) is 8.16. The smallest absolute Gasteiger partial charge is 0.255 e. The molecule has 3 rings (SSSR count). The molecule has 0 atom stereocenters. The first-order valence-electron chi connectivity index (χ1n) is 8.70. The highest BCUT2D eigenvalue weighted by molar-refractivity contribution is 7.99. The van der Waals surface area contributed by atoms with E-state index in [9.17, 15) is 9.59 Å². The van der Waals surface area contributed by atoms with Crippen LogP contribution in [0, 0.1) is 0 Å². The minimum absolute atomic E-state index is 0. The highest BCUT2D eigenvalue weighted by Crippen LogP contribution is 2.15. The molecule has 0 bridgehead atoms. The fourth-order valence-electron chi connectivity index (χ4n) is 2.80. The zero-order valence-electron chi connectivity index (χ0n) is 15.0. The van der Waals surface area contributed by atoms with E-state index in [1.807, 2.05) is 53.1 Å². The standard InChI is InChI=1S/C20H23N3O2S.ClH/c21-14-16-1-5-17(6-2-16)20(25)22-18-7-3-15(4-8-18)13-19(24)23-9-11-26-12-10-23;/h1-8H,9-14,21H2,(H,22,25);1H. The lowest BCUT2D eigenvalue weighted by Gasteiger charge is -2.26. The van der Waals surface area contributed by atoms with E-state index in [4.69, 9.17) is 5.73 Å². The Balaban J connectivity index is 0.00000261. The highest BCUT2D eigenvalue weighted by atomic mass is 35.5. The number of nitrogens with one attached hydrogen (secondary N) is 1. The largest absolute Gasteiger partial charge is 0.341 e. The van der Waals surface area contributed by atoms with Gasteiger partial charge in [0.05, 0.1) is 6.42 Å². The quantitative estimate of drug-likeness (QED) is 0.801. The molecule has 7 heteroatoms. The van der Waals surface area contributed by atoms with Gasteiger partial charge in [0.15, 0.2) is 0 Å². The van der Waals surface area contributed by atoms with Crippen LogP contribution in [0.5, 0.6) is 0 Å². The molecule has 1 fully saturated rings. The number of amides is 2. The first kappa shape index (κ1) is 21.3. The number of halogens is 1. The maximum atomic E-state index is 12.3. The molecule has 3 N–H and O–H groups in total. The lowest BCUT2D eigenvalue weighted by molar-refractivity contribution is -0.130. The third-order valence-electron chi connectivity index (χ3n) is 4.38. The maximum Gasteiger partial charge on any atom is 0.255 e. The second-order valence-electron chi connectivity index (χ2n) is 6.22. The van der Waals surface area contributed by atoms with E-state index in [-0.39, 0.29) is 24.2 Å². The Hall–Kier alpha value is -2.02. The molecule has 0 saturated carbocycles. The normalized spacial score (nSPS) is 13.6. The van der Waals surface area contributed by atoms with Gasteiger partial charge in [-0.15, -0.1) is 12.4 Å². The molecule has 2 amide bonds. The number of nitrogens with two attached hydrogens (primary N) is 1. The molecule has 2 aromatic carbocycles. The van der Waals surface area contributed by atoms with Crippen LogP contribution in [-0.2, 0) is 17.8 Å². The predicted molar refractivity (Wildman–Crippen MR) is 114 cm³/mol. The second-order valence-corrected chi connectivity index (χ2v) is 7.45. The number of benzene rings is 2. The molecule has 1 aliphatic heterocycles. The molecule has 0 spiro atoms. The summed E-state index contributed by atoms with van der Waals surface area (Å²) in [6, 6.07) is 14.7. The van der Waals surface area contributed by atoms with Gasteiger partial charge in [-0.2, -0.15) is 11.8 Å². The minimum atomic E-state index is -0.164. The maximum absolute atomic E-state index is 12.3. The lowest BCUT2D eigenvalue weighted by atomic mass is 10.1. The summed E-state index contributed by atoms with van der Waals surface area (Å²) < 4.78 is 0. The Bertz CT molecular complexity index is 760. The molecule has 0 aromatic heterocycles. The van der Waals surface area contributed by atoms with Crippen molar-refractivity contribution in [2.75, 3.05) is 29.9 Å². The summed E-state index contributed by atoms with van der Waals surface area (Å²) in [5.74, 6) is 2.04. The Morgan fingerprint density at radius 1 is 0.963 bits per heavy atom. The first-order chi connectivity index (χ1) is 12.7. The van der Waals surface area contributed by atoms with Crippen molar-refractivity contribution in [2.45, 2.75) is 13.0 Å². The van der Waals surface area contributed by atoms with E-state index < -0.39 is 0 Å². The zero-order valence-corrected chi connectivity index (χ0v) is 16.7. The van der Waals surface area contributed by atoms with Crippen LogP contribution in [0.4, 0.5) is 5.69 Å². The average molecular weight is 406 g/mol. The molecule has 1 heterocycles. The number of carbonyl (C=O) groups is 2.